The summed E-state index contributed by atoms with van der Waals surface area (Å²) in [5.41, 5.74) is 1.22. The monoisotopic (exact) mass is 246 g/mol. The Hall–Kier alpha value is -1.90. The molecule has 18 heavy (non-hydrogen) atoms. The average Bonchev–Trinajstić information content (AvgIpc) is 2.42. The van der Waals surface area contributed by atoms with Gasteiger partial charge >= 0.3 is 5.97 Å². The number of carbonyl (C=O) groups is 2. The number of carbonyl (C=O) groups excluding carboxylic acids is 2. The molecule has 0 heterocycles. The number of allylic oxidation sites excluding steroid dienone is 2. The first kappa shape index (κ1) is 14.2. The van der Waals surface area contributed by atoms with Crippen LogP contribution in [0.15, 0.2) is 42.5 Å². The lowest BCUT2D eigenvalue weighted by atomic mass is 10.1. The summed E-state index contributed by atoms with van der Waals surface area (Å²) >= 11 is 0. The van der Waals surface area contributed by atoms with E-state index >= 15 is 0 Å². The molecule has 0 aliphatic heterocycles. The molecule has 0 amide bonds. The van der Waals surface area contributed by atoms with Crippen LogP contribution in [0.25, 0.3) is 0 Å². The van der Waals surface area contributed by atoms with E-state index in [0.29, 0.717) is 6.42 Å². The molecule has 0 radical (unpaired) electrons. The summed E-state index contributed by atoms with van der Waals surface area (Å²) in [4.78, 5) is 22.3. The minimum atomic E-state index is -0.336. The van der Waals surface area contributed by atoms with Crippen molar-refractivity contribution in [2.24, 2.45) is 0 Å². The number of Topliss-reactive ketones (excluding diaryl/α,β-unsaturated/α-hetero) is 1. The molecule has 0 bridgehead atoms. The number of hydrogen-bond acceptors (Lipinski definition) is 3. The first-order chi connectivity index (χ1) is 8.72. The van der Waals surface area contributed by atoms with Crippen LogP contribution in [0.4, 0.5) is 0 Å². The van der Waals surface area contributed by atoms with Crippen LogP contribution in [-0.2, 0) is 20.7 Å². The summed E-state index contributed by atoms with van der Waals surface area (Å²) in [6, 6.07) is 10.0. The van der Waals surface area contributed by atoms with Gasteiger partial charge in [0, 0.05) is 12.8 Å². The van der Waals surface area contributed by atoms with Gasteiger partial charge in [-0.05, 0) is 12.0 Å². The Kier molecular flexibility index (Phi) is 6.47. The van der Waals surface area contributed by atoms with E-state index in [1.807, 2.05) is 42.5 Å². The van der Waals surface area contributed by atoms with Gasteiger partial charge in [-0.1, -0.05) is 42.5 Å². The fourth-order valence-electron chi connectivity index (χ4n) is 1.49. The fraction of sp³-hybridized carbons (Fsp3) is 0.333. The molecular formula is C15H18O3. The Labute approximate surface area is 107 Å². The predicted octanol–water partition coefficient (Wildman–Crippen LogP) is 2.70. The van der Waals surface area contributed by atoms with Gasteiger partial charge in [-0.2, -0.15) is 0 Å². The van der Waals surface area contributed by atoms with Gasteiger partial charge in [-0.3, -0.25) is 9.59 Å². The summed E-state index contributed by atoms with van der Waals surface area (Å²) in [6.45, 7) is 0. The SMILES string of the molecule is COC(=O)CCC(=O)CC=CCc1ccccc1. The van der Waals surface area contributed by atoms with Gasteiger partial charge < -0.3 is 4.74 Å². The fourth-order valence-corrected chi connectivity index (χ4v) is 1.49. The Morgan fingerprint density at radius 3 is 2.50 bits per heavy atom. The first-order valence-electron chi connectivity index (χ1n) is 6.00. The third-order valence-corrected chi connectivity index (χ3v) is 2.54. The molecule has 3 heteroatoms. The molecule has 1 aromatic carbocycles. The van der Waals surface area contributed by atoms with Crippen LogP contribution in [0.1, 0.15) is 24.8 Å². The zero-order chi connectivity index (χ0) is 13.2. The van der Waals surface area contributed by atoms with E-state index in [4.69, 9.17) is 0 Å². The van der Waals surface area contributed by atoms with Gasteiger partial charge in [0.1, 0.15) is 5.78 Å². The van der Waals surface area contributed by atoms with Crippen LogP contribution in [0.3, 0.4) is 0 Å². The maximum Gasteiger partial charge on any atom is 0.305 e. The van der Waals surface area contributed by atoms with Crippen molar-refractivity contribution >= 4 is 11.8 Å². The number of ether oxygens (including phenoxy) is 1. The molecule has 0 atom stereocenters. The van der Waals surface area contributed by atoms with E-state index in [2.05, 4.69) is 4.74 Å². The van der Waals surface area contributed by atoms with Crippen molar-refractivity contribution in [3.63, 3.8) is 0 Å². The van der Waals surface area contributed by atoms with E-state index < -0.39 is 0 Å². The highest BCUT2D eigenvalue weighted by atomic mass is 16.5. The van der Waals surface area contributed by atoms with Crippen LogP contribution in [0, 0.1) is 0 Å². The molecule has 0 saturated carbocycles. The zero-order valence-corrected chi connectivity index (χ0v) is 10.6. The molecule has 96 valence electrons. The highest BCUT2D eigenvalue weighted by Crippen LogP contribution is 2.02. The Bertz CT molecular complexity index is 407. The summed E-state index contributed by atoms with van der Waals surface area (Å²) in [5, 5.41) is 0. The van der Waals surface area contributed by atoms with Crippen LogP contribution in [0.2, 0.25) is 0 Å². The molecule has 1 rings (SSSR count). The van der Waals surface area contributed by atoms with E-state index in [1.165, 1.54) is 12.7 Å². The van der Waals surface area contributed by atoms with Crippen molar-refractivity contribution in [3.05, 3.63) is 48.0 Å². The highest BCUT2D eigenvalue weighted by Gasteiger charge is 2.04. The molecule has 0 unspecified atom stereocenters. The molecule has 0 fully saturated rings. The molecule has 0 saturated heterocycles. The van der Waals surface area contributed by atoms with Crippen LogP contribution in [-0.4, -0.2) is 18.9 Å². The van der Waals surface area contributed by atoms with Crippen molar-refractivity contribution < 1.29 is 14.3 Å². The van der Waals surface area contributed by atoms with E-state index in [9.17, 15) is 9.59 Å². The van der Waals surface area contributed by atoms with Crippen molar-refractivity contribution in [3.8, 4) is 0 Å². The summed E-state index contributed by atoms with van der Waals surface area (Å²) in [5.74, 6) is -0.277. The van der Waals surface area contributed by atoms with Crippen molar-refractivity contribution in [2.75, 3.05) is 7.11 Å². The van der Waals surface area contributed by atoms with Gasteiger partial charge in [0.05, 0.1) is 13.5 Å². The molecular weight excluding hydrogens is 228 g/mol. The number of benzene rings is 1. The second-order valence-corrected chi connectivity index (χ2v) is 3.98. The standard InChI is InChI=1S/C15H18O3/c1-18-15(17)12-11-14(16)10-6-5-9-13-7-3-2-4-8-13/h2-8H,9-12H2,1H3. The number of hydrogen-bond donors (Lipinski definition) is 0. The maximum absolute atomic E-state index is 11.4. The summed E-state index contributed by atoms with van der Waals surface area (Å²) in [7, 11) is 1.33. The Balaban J connectivity index is 2.20. The van der Waals surface area contributed by atoms with Crippen LogP contribution < -0.4 is 0 Å². The van der Waals surface area contributed by atoms with Gasteiger partial charge in [-0.25, -0.2) is 0 Å². The number of esters is 1. The van der Waals surface area contributed by atoms with E-state index in [1.54, 1.807) is 0 Å². The van der Waals surface area contributed by atoms with Crippen LogP contribution >= 0.6 is 0 Å². The molecule has 1 aromatic rings. The number of rotatable bonds is 7. The average molecular weight is 246 g/mol. The molecule has 0 N–H and O–H groups in total. The molecule has 0 aromatic heterocycles. The summed E-state index contributed by atoms with van der Waals surface area (Å²) < 4.78 is 4.47. The van der Waals surface area contributed by atoms with E-state index in [-0.39, 0.29) is 24.6 Å². The quantitative estimate of drug-likeness (QED) is 0.549. The normalized spacial score (nSPS) is 10.5. The second-order valence-electron chi connectivity index (χ2n) is 3.98. The molecule has 0 spiro atoms. The highest BCUT2D eigenvalue weighted by molar-refractivity contribution is 5.83. The third kappa shape index (κ3) is 5.99. The number of ketones is 1. The van der Waals surface area contributed by atoms with Crippen molar-refractivity contribution in [1.29, 1.82) is 0 Å². The predicted molar refractivity (Wildman–Crippen MR) is 70.2 cm³/mol. The zero-order valence-electron chi connectivity index (χ0n) is 10.6. The smallest absolute Gasteiger partial charge is 0.305 e. The third-order valence-electron chi connectivity index (χ3n) is 2.54. The topological polar surface area (TPSA) is 43.4 Å². The van der Waals surface area contributed by atoms with Crippen molar-refractivity contribution in [1.82, 2.24) is 0 Å². The minimum Gasteiger partial charge on any atom is -0.469 e. The first-order valence-corrected chi connectivity index (χ1v) is 6.00. The Morgan fingerprint density at radius 2 is 1.83 bits per heavy atom. The van der Waals surface area contributed by atoms with Gasteiger partial charge in [0.2, 0.25) is 0 Å². The second kappa shape index (κ2) is 8.23. The van der Waals surface area contributed by atoms with Gasteiger partial charge in [-0.15, -0.1) is 0 Å². The molecule has 3 nitrogen and oxygen atoms in total. The van der Waals surface area contributed by atoms with Crippen molar-refractivity contribution in [2.45, 2.75) is 25.7 Å². The Morgan fingerprint density at radius 1 is 1.11 bits per heavy atom. The van der Waals surface area contributed by atoms with E-state index in [0.717, 1.165) is 6.42 Å². The van der Waals surface area contributed by atoms with Gasteiger partial charge in [0.15, 0.2) is 0 Å². The van der Waals surface area contributed by atoms with Gasteiger partial charge in [0.25, 0.3) is 0 Å². The molecule has 0 aliphatic carbocycles. The minimum absolute atomic E-state index is 0.0599. The van der Waals surface area contributed by atoms with Crippen LogP contribution in [0.5, 0.6) is 0 Å². The lowest BCUT2D eigenvalue weighted by Crippen LogP contribution is -2.04. The number of methoxy groups -OCH3 is 1. The largest absolute Gasteiger partial charge is 0.469 e. The summed E-state index contributed by atoms with van der Waals surface area (Å²) in [6.07, 6.45) is 5.46. The lowest BCUT2D eigenvalue weighted by Gasteiger charge is -1.97. The lowest BCUT2D eigenvalue weighted by molar-refractivity contribution is -0.141. The molecule has 0 aliphatic rings. The maximum atomic E-state index is 11.4.